The van der Waals surface area contributed by atoms with Crippen molar-refractivity contribution in [3.8, 4) is 0 Å². The van der Waals surface area contributed by atoms with E-state index >= 15 is 0 Å². The van der Waals surface area contributed by atoms with Crippen LogP contribution in [0.2, 0.25) is 5.02 Å². The Kier molecular flexibility index (Phi) is 5.52. The van der Waals surface area contributed by atoms with Crippen LogP contribution in [0.3, 0.4) is 0 Å². The lowest BCUT2D eigenvalue weighted by Crippen LogP contribution is -2.16. The highest BCUT2D eigenvalue weighted by atomic mass is 35.5. The topological polar surface area (TPSA) is 38.0 Å². The molecule has 0 radical (unpaired) electrons. The van der Waals surface area contributed by atoms with E-state index in [0.717, 1.165) is 22.7 Å². The summed E-state index contributed by atoms with van der Waals surface area (Å²) in [5.74, 6) is 0.646. The first-order valence-corrected chi connectivity index (χ1v) is 8.04. The first kappa shape index (κ1) is 15.4. The number of benzene rings is 1. The van der Waals surface area contributed by atoms with Crippen molar-refractivity contribution in [3.63, 3.8) is 0 Å². The third-order valence-corrected chi connectivity index (χ3v) is 4.71. The Bertz CT molecular complexity index is 557. The van der Waals surface area contributed by atoms with Crippen LogP contribution in [-0.4, -0.2) is 26.7 Å². The van der Waals surface area contributed by atoms with Crippen LogP contribution in [-0.2, 0) is 19.9 Å². The van der Waals surface area contributed by atoms with Crippen LogP contribution in [0.5, 0.6) is 0 Å². The van der Waals surface area contributed by atoms with Crippen LogP contribution in [0.15, 0.2) is 35.2 Å². The average molecular weight is 311 g/mol. The van der Waals surface area contributed by atoms with Gasteiger partial charge in [0, 0.05) is 24.1 Å². The molecule has 1 unspecified atom stereocenters. The van der Waals surface area contributed by atoms with Crippen LogP contribution >= 0.6 is 23.4 Å². The molecule has 1 heterocycles. The molecule has 1 atom stereocenters. The Morgan fingerprint density at radius 1 is 1.35 bits per heavy atom. The monoisotopic (exact) mass is 310 g/mol. The van der Waals surface area contributed by atoms with Crippen LogP contribution in [0.1, 0.15) is 18.3 Å². The Labute approximate surface area is 129 Å². The number of halogens is 1. The van der Waals surface area contributed by atoms with Crippen LogP contribution in [0.25, 0.3) is 0 Å². The van der Waals surface area contributed by atoms with Crippen molar-refractivity contribution in [2.75, 3.05) is 5.75 Å². The van der Waals surface area contributed by atoms with Gasteiger partial charge < -0.3 is 5.11 Å². The molecular weight excluding hydrogens is 292 g/mol. The quantitative estimate of drug-likeness (QED) is 0.832. The summed E-state index contributed by atoms with van der Waals surface area (Å²) in [4.78, 5) is 1.16. The summed E-state index contributed by atoms with van der Waals surface area (Å²) in [6.07, 6.45) is 0.904. The Morgan fingerprint density at radius 3 is 2.65 bits per heavy atom. The summed E-state index contributed by atoms with van der Waals surface area (Å²) in [7, 11) is 1.87. The first-order chi connectivity index (χ1) is 9.61. The number of rotatable bonds is 6. The summed E-state index contributed by atoms with van der Waals surface area (Å²) >= 11 is 7.94. The van der Waals surface area contributed by atoms with Gasteiger partial charge in [-0.15, -0.1) is 11.8 Å². The molecule has 20 heavy (non-hydrogen) atoms. The Morgan fingerprint density at radius 2 is 2.05 bits per heavy atom. The zero-order chi connectivity index (χ0) is 14.5. The van der Waals surface area contributed by atoms with E-state index in [1.807, 2.05) is 44.3 Å². The second-order valence-electron chi connectivity index (χ2n) is 4.67. The molecule has 3 nitrogen and oxygen atoms in total. The van der Waals surface area contributed by atoms with Crippen molar-refractivity contribution < 1.29 is 5.11 Å². The lowest BCUT2D eigenvalue weighted by molar-refractivity contribution is 0.197. The molecule has 0 aliphatic rings. The van der Waals surface area contributed by atoms with Gasteiger partial charge in [0.1, 0.15) is 0 Å². The third-order valence-electron chi connectivity index (χ3n) is 3.12. The molecule has 0 spiro atoms. The maximum absolute atomic E-state index is 10.2. The van der Waals surface area contributed by atoms with Crippen LogP contribution in [0.4, 0.5) is 0 Å². The Hall–Kier alpha value is -0.970. The van der Waals surface area contributed by atoms with Crippen molar-refractivity contribution in [2.45, 2.75) is 30.8 Å². The van der Waals surface area contributed by atoms with Gasteiger partial charge in [-0.1, -0.05) is 36.7 Å². The first-order valence-electron chi connectivity index (χ1n) is 6.68. The molecule has 2 aromatic rings. The molecule has 0 aliphatic heterocycles. The molecule has 5 heteroatoms. The third kappa shape index (κ3) is 3.78. The van der Waals surface area contributed by atoms with Crippen LogP contribution in [0, 0.1) is 0 Å². The van der Waals surface area contributed by atoms with Gasteiger partial charge in [0.25, 0.3) is 0 Å². The lowest BCUT2D eigenvalue weighted by Gasteiger charge is -2.11. The molecule has 108 valence electrons. The Balaban J connectivity index is 1.95. The summed E-state index contributed by atoms with van der Waals surface area (Å²) in [6.45, 7) is 2.03. The van der Waals surface area contributed by atoms with Crippen molar-refractivity contribution in [1.82, 2.24) is 9.78 Å². The van der Waals surface area contributed by atoms with E-state index in [1.54, 1.807) is 16.4 Å². The zero-order valence-corrected chi connectivity index (χ0v) is 13.3. The van der Waals surface area contributed by atoms with E-state index in [9.17, 15) is 5.11 Å². The van der Waals surface area contributed by atoms with Gasteiger partial charge in [-0.05, 0) is 18.6 Å². The molecule has 1 aromatic carbocycles. The van der Waals surface area contributed by atoms with E-state index in [0.29, 0.717) is 17.2 Å². The summed E-state index contributed by atoms with van der Waals surface area (Å²) in [6, 6.07) is 10.1. The maximum atomic E-state index is 10.2. The molecule has 1 aromatic heterocycles. The molecule has 0 bridgehead atoms. The van der Waals surface area contributed by atoms with E-state index in [2.05, 4.69) is 5.10 Å². The van der Waals surface area contributed by atoms with Gasteiger partial charge in [-0.2, -0.15) is 5.10 Å². The number of hydrogen-bond acceptors (Lipinski definition) is 3. The molecule has 0 saturated heterocycles. The standard InChI is InChI=1S/C15H19ClN2OS/c1-3-13-15(16)14(18(2)17-13)9-11(19)10-20-12-7-5-4-6-8-12/h4-8,11,19H,3,9-10H2,1-2H3. The zero-order valence-electron chi connectivity index (χ0n) is 11.7. The second kappa shape index (κ2) is 7.16. The minimum Gasteiger partial charge on any atom is -0.392 e. The van der Waals surface area contributed by atoms with E-state index in [-0.39, 0.29) is 0 Å². The second-order valence-corrected chi connectivity index (χ2v) is 6.14. The van der Waals surface area contributed by atoms with Gasteiger partial charge in [0.05, 0.1) is 22.5 Å². The average Bonchev–Trinajstić information content (AvgIpc) is 2.73. The van der Waals surface area contributed by atoms with E-state index in [4.69, 9.17) is 11.6 Å². The molecule has 2 rings (SSSR count). The minimum absolute atomic E-state index is 0.433. The molecular formula is C15H19ClN2OS. The molecule has 0 fully saturated rings. The van der Waals surface area contributed by atoms with Gasteiger partial charge in [-0.3, -0.25) is 4.68 Å². The normalized spacial score (nSPS) is 12.6. The molecule has 0 aliphatic carbocycles. The van der Waals surface area contributed by atoms with E-state index < -0.39 is 6.10 Å². The highest BCUT2D eigenvalue weighted by Gasteiger charge is 2.16. The van der Waals surface area contributed by atoms with E-state index in [1.165, 1.54) is 0 Å². The SMILES string of the molecule is CCc1nn(C)c(CC(O)CSc2ccccc2)c1Cl. The summed E-state index contributed by atoms with van der Waals surface area (Å²) in [5, 5.41) is 15.2. The van der Waals surface area contributed by atoms with Gasteiger partial charge in [0.2, 0.25) is 0 Å². The number of hydrogen-bond donors (Lipinski definition) is 1. The number of thioether (sulfide) groups is 1. The fourth-order valence-corrected chi connectivity index (χ4v) is 3.26. The number of aliphatic hydroxyl groups is 1. The van der Waals surface area contributed by atoms with Gasteiger partial charge in [-0.25, -0.2) is 0 Å². The molecule has 0 saturated carbocycles. The van der Waals surface area contributed by atoms with Crippen LogP contribution < -0.4 is 0 Å². The summed E-state index contributed by atoms with van der Waals surface area (Å²) in [5.41, 5.74) is 1.80. The van der Waals surface area contributed by atoms with Crippen molar-refractivity contribution >= 4 is 23.4 Å². The molecule has 1 N–H and O–H groups in total. The fraction of sp³-hybridized carbons (Fsp3) is 0.400. The number of nitrogens with zero attached hydrogens (tertiary/aromatic N) is 2. The maximum Gasteiger partial charge on any atom is 0.0850 e. The highest BCUT2D eigenvalue weighted by Crippen LogP contribution is 2.24. The predicted octanol–water partition coefficient (Wildman–Crippen LogP) is 3.33. The van der Waals surface area contributed by atoms with Gasteiger partial charge in [0.15, 0.2) is 0 Å². The number of aliphatic hydroxyl groups excluding tert-OH is 1. The molecule has 0 amide bonds. The number of aromatic nitrogens is 2. The number of aryl methyl sites for hydroxylation is 2. The smallest absolute Gasteiger partial charge is 0.0850 e. The summed E-state index contributed by atoms with van der Waals surface area (Å²) < 4.78 is 1.78. The minimum atomic E-state index is -0.433. The fourth-order valence-electron chi connectivity index (χ4n) is 2.03. The van der Waals surface area contributed by atoms with Gasteiger partial charge >= 0.3 is 0 Å². The highest BCUT2D eigenvalue weighted by molar-refractivity contribution is 7.99. The van der Waals surface area contributed by atoms with Crippen molar-refractivity contribution in [3.05, 3.63) is 46.7 Å². The largest absolute Gasteiger partial charge is 0.392 e. The predicted molar refractivity (Wildman–Crippen MR) is 84.5 cm³/mol. The lowest BCUT2D eigenvalue weighted by atomic mass is 10.2. The van der Waals surface area contributed by atoms with Crippen molar-refractivity contribution in [1.29, 1.82) is 0 Å². The van der Waals surface area contributed by atoms with Crippen molar-refractivity contribution in [2.24, 2.45) is 7.05 Å².